The van der Waals surface area contributed by atoms with Crippen molar-refractivity contribution in [3.63, 3.8) is 0 Å². The third-order valence-corrected chi connectivity index (χ3v) is 5.12. The number of H-pyrrole nitrogens is 1. The number of hydrogen-bond acceptors (Lipinski definition) is 6. The van der Waals surface area contributed by atoms with Crippen molar-refractivity contribution in [3.05, 3.63) is 85.5 Å². The van der Waals surface area contributed by atoms with Crippen LogP contribution in [0.25, 0.3) is 0 Å². The Bertz CT molecular complexity index is 1290. The van der Waals surface area contributed by atoms with Crippen LogP contribution >= 0.6 is 11.6 Å². The quantitative estimate of drug-likeness (QED) is 0.502. The first-order chi connectivity index (χ1) is 15.3. The van der Waals surface area contributed by atoms with E-state index in [2.05, 4.69) is 10.3 Å². The second-order valence-corrected chi connectivity index (χ2v) is 7.34. The molecule has 0 saturated heterocycles. The van der Waals surface area contributed by atoms with Gasteiger partial charge in [0.1, 0.15) is 17.6 Å². The monoisotopic (exact) mass is 452 g/mol. The molecule has 9 nitrogen and oxygen atoms in total. The van der Waals surface area contributed by atoms with E-state index in [1.165, 1.54) is 21.6 Å². The highest BCUT2D eigenvalue weighted by Gasteiger charge is 2.20. The summed E-state index contributed by atoms with van der Waals surface area (Å²) in [6.45, 7) is 2.03. The fourth-order valence-electron chi connectivity index (χ4n) is 3.21. The number of nitrogens with two attached hydrogens (primary N) is 1. The number of nitrogens with zero attached hydrogens (tertiary/aromatic N) is 3. The molecule has 0 aliphatic heterocycles. The Hall–Kier alpha value is -4.03. The Labute approximate surface area is 188 Å². The van der Waals surface area contributed by atoms with E-state index in [0.29, 0.717) is 17.8 Å². The van der Waals surface area contributed by atoms with Crippen molar-refractivity contribution >= 4 is 34.7 Å². The van der Waals surface area contributed by atoms with E-state index in [9.17, 15) is 14.4 Å². The van der Waals surface area contributed by atoms with Crippen LogP contribution in [0.1, 0.15) is 18.1 Å². The number of benzene rings is 2. The van der Waals surface area contributed by atoms with Crippen LogP contribution in [0.2, 0.25) is 5.02 Å². The van der Waals surface area contributed by atoms with Gasteiger partial charge in [0.2, 0.25) is 5.91 Å². The number of aromatic nitrogens is 2. The van der Waals surface area contributed by atoms with Gasteiger partial charge >= 0.3 is 5.69 Å². The molecule has 164 valence electrons. The molecule has 1 amide bonds. The minimum absolute atomic E-state index is 0.0290. The van der Waals surface area contributed by atoms with Gasteiger partial charge < -0.3 is 16.0 Å². The van der Waals surface area contributed by atoms with Gasteiger partial charge in [-0.25, -0.2) is 4.79 Å². The number of anilines is 3. The zero-order valence-electron chi connectivity index (χ0n) is 17.3. The van der Waals surface area contributed by atoms with E-state index in [4.69, 9.17) is 22.6 Å². The van der Waals surface area contributed by atoms with Crippen LogP contribution in [0.3, 0.4) is 0 Å². The SMILES string of the molecule is CCN(CC(=O)Nc1ccc(C#N)c(Cl)c1)c1c(N)n(Cc2ccccc2)c(=O)[nH]c1=O. The summed E-state index contributed by atoms with van der Waals surface area (Å²) >= 11 is 6.00. The number of nitrogen functional groups attached to an aromatic ring is 1. The number of hydrogen-bond donors (Lipinski definition) is 3. The molecule has 0 saturated carbocycles. The molecule has 3 aromatic rings. The Morgan fingerprint density at radius 2 is 1.97 bits per heavy atom. The van der Waals surface area contributed by atoms with Gasteiger partial charge in [-0.3, -0.25) is 19.1 Å². The summed E-state index contributed by atoms with van der Waals surface area (Å²) in [5.74, 6) is -0.453. The fraction of sp³-hybridized carbons (Fsp3) is 0.182. The van der Waals surface area contributed by atoms with Crippen LogP contribution in [-0.2, 0) is 11.3 Å². The second kappa shape index (κ2) is 9.85. The third-order valence-electron chi connectivity index (χ3n) is 4.80. The highest BCUT2D eigenvalue weighted by atomic mass is 35.5. The number of carbonyl (C=O) groups is 1. The molecule has 0 radical (unpaired) electrons. The molecule has 1 aromatic heterocycles. The summed E-state index contributed by atoms with van der Waals surface area (Å²) in [6.07, 6.45) is 0. The van der Waals surface area contributed by atoms with Gasteiger partial charge in [-0.05, 0) is 30.7 Å². The maximum atomic E-state index is 12.6. The van der Waals surface area contributed by atoms with Crippen molar-refractivity contribution in [3.8, 4) is 6.07 Å². The number of amides is 1. The molecular weight excluding hydrogens is 432 g/mol. The van der Waals surface area contributed by atoms with Gasteiger partial charge in [-0.1, -0.05) is 41.9 Å². The lowest BCUT2D eigenvalue weighted by Gasteiger charge is -2.24. The topological polar surface area (TPSA) is 137 Å². The van der Waals surface area contributed by atoms with Crippen molar-refractivity contribution in [1.82, 2.24) is 9.55 Å². The van der Waals surface area contributed by atoms with E-state index in [0.717, 1.165) is 5.56 Å². The zero-order valence-corrected chi connectivity index (χ0v) is 18.0. The lowest BCUT2D eigenvalue weighted by atomic mass is 10.2. The summed E-state index contributed by atoms with van der Waals surface area (Å²) in [7, 11) is 0. The molecule has 0 fully saturated rings. The Kier molecular flexibility index (Phi) is 6.97. The summed E-state index contributed by atoms with van der Waals surface area (Å²) in [6, 6.07) is 15.7. The fourth-order valence-corrected chi connectivity index (χ4v) is 3.44. The first kappa shape index (κ1) is 22.7. The average Bonchev–Trinajstić information content (AvgIpc) is 2.76. The Balaban J connectivity index is 1.86. The maximum absolute atomic E-state index is 12.6. The van der Waals surface area contributed by atoms with E-state index in [1.54, 1.807) is 13.0 Å². The van der Waals surface area contributed by atoms with E-state index in [1.807, 2.05) is 36.4 Å². The average molecular weight is 453 g/mol. The van der Waals surface area contributed by atoms with Crippen LogP contribution in [-0.4, -0.2) is 28.5 Å². The standard InChI is InChI=1S/C22H21ClN6O3/c1-2-28(13-18(30)26-16-9-8-15(11-24)17(23)10-16)19-20(25)29(22(32)27-21(19)31)12-14-6-4-3-5-7-14/h3-10H,2,12-13,25H2,1H3,(H,26,30)(H,27,31,32). The number of halogens is 1. The van der Waals surface area contributed by atoms with Gasteiger partial charge in [-0.2, -0.15) is 5.26 Å². The third kappa shape index (κ3) is 4.99. The molecule has 0 spiro atoms. The predicted molar refractivity (Wildman–Crippen MR) is 124 cm³/mol. The van der Waals surface area contributed by atoms with Crippen molar-refractivity contribution in [1.29, 1.82) is 5.26 Å². The molecule has 32 heavy (non-hydrogen) atoms. The summed E-state index contributed by atoms with van der Waals surface area (Å²) in [4.78, 5) is 41.3. The molecule has 0 bridgehead atoms. The maximum Gasteiger partial charge on any atom is 0.330 e. The lowest BCUT2D eigenvalue weighted by molar-refractivity contribution is -0.115. The highest BCUT2D eigenvalue weighted by Crippen LogP contribution is 2.21. The first-order valence-corrected chi connectivity index (χ1v) is 10.1. The predicted octanol–water partition coefficient (Wildman–Crippen LogP) is 2.16. The molecule has 0 aliphatic carbocycles. The van der Waals surface area contributed by atoms with Gasteiger partial charge in [0.05, 0.1) is 23.7 Å². The molecule has 2 aromatic carbocycles. The van der Waals surface area contributed by atoms with Crippen molar-refractivity contribution in [2.75, 3.05) is 29.0 Å². The van der Waals surface area contributed by atoms with Crippen molar-refractivity contribution in [2.45, 2.75) is 13.5 Å². The minimum Gasteiger partial charge on any atom is -0.383 e. The van der Waals surface area contributed by atoms with Crippen LogP contribution in [0, 0.1) is 11.3 Å². The van der Waals surface area contributed by atoms with E-state index < -0.39 is 17.2 Å². The summed E-state index contributed by atoms with van der Waals surface area (Å²) in [5, 5.41) is 11.8. The van der Waals surface area contributed by atoms with Crippen LogP contribution < -0.4 is 27.2 Å². The Morgan fingerprint density at radius 3 is 2.59 bits per heavy atom. The number of nitriles is 1. The van der Waals surface area contributed by atoms with Crippen molar-refractivity contribution < 1.29 is 4.79 Å². The first-order valence-electron chi connectivity index (χ1n) is 9.75. The number of likely N-dealkylation sites (N-methyl/N-ethyl adjacent to an activating group) is 1. The number of rotatable bonds is 7. The van der Waals surface area contributed by atoms with Gasteiger partial charge in [0.15, 0.2) is 0 Å². The molecule has 10 heteroatoms. The van der Waals surface area contributed by atoms with Crippen molar-refractivity contribution in [2.24, 2.45) is 0 Å². The Morgan fingerprint density at radius 1 is 1.25 bits per heavy atom. The molecule has 3 rings (SSSR count). The van der Waals surface area contributed by atoms with Gasteiger partial charge in [0, 0.05) is 12.2 Å². The van der Waals surface area contributed by atoms with Crippen LogP contribution in [0.15, 0.2) is 58.1 Å². The normalized spacial score (nSPS) is 10.4. The molecule has 0 atom stereocenters. The zero-order chi connectivity index (χ0) is 23.3. The largest absolute Gasteiger partial charge is 0.383 e. The summed E-state index contributed by atoms with van der Waals surface area (Å²) < 4.78 is 1.26. The van der Waals surface area contributed by atoms with Crippen LogP contribution in [0.4, 0.5) is 17.2 Å². The highest BCUT2D eigenvalue weighted by molar-refractivity contribution is 6.32. The van der Waals surface area contributed by atoms with Gasteiger partial charge in [-0.15, -0.1) is 0 Å². The molecular formula is C22H21ClN6O3. The summed E-state index contributed by atoms with van der Waals surface area (Å²) in [5.41, 5.74) is 6.48. The smallest absolute Gasteiger partial charge is 0.330 e. The second-order valence-electron chi connectivity index (χ2n) is 6.93. The molecule has 1 heterocycles. The molecule has 0 unspecified atom stereocenters. The van der Waals surface area contributed by atoms with E-state index >= 15 is 0 Å². The van der Waals surface area contributed by atoms with Crippen LogP contribution in [0.5, 0.6) is 0 Å². The molecule has 4 N–H and O–H groups in total. The number of nitrogens with one attached hydrogen (secondary N) is 2. The van der Waals surface area contributed by atoms with Gasteiger partial charge in [0.25, 0.3) is 5.56 Å². The lowest BCUT2D eigenvalue weighted by Crippen LogP contribution is -2.41. The minimum atomic E-state index is -0.673. The molecule has 0 aliphatic rings. The number of aromatic amines is 1. The number of carbonyl (C=O) groups excluding carboxylic acids is 1. The van der Waals surface area contributed by atoms with E-state index in [-0.39, 0.29) is 29.6 Å².